The molecule has 0 saturated heterocycles. The van der Waals surface area contributed by atoms with Crippen LogP contribution in [0.1, 0.15) is 18.5 Å². The minimum absolute atomic E-state index is 0.768. The lowest BCUT2D eigenvalue weighted by atomic mass is 10.2. The molecule has 0 spiro atoms. The number of aromatic nitrogens is 1. The second-order valence-corrected chi connectivity index (χ2v) is 3.22. The zero-order chi connectivity index (χ0) is 7.23. The molecule has 56 valence electrons. The molecule has 1 rings (SSSR count). The molecule has 10 heavy (non-hydrogen) atoms. The maximum absolute atomic E-state index is 5.52. The van der Waals surface area contributed by atoms with E-state index in [1.165, 1.54) is 5.69 Å². The molecule has 0 aliphatic heterocycles. The smallest absolute Gasteiger partial charge is 0.0794 e. The summed E-state index contributed by atoms with van der Waals surface area (Å²) in [6, 6.07) is 0. The van der Waals surface area contributed by atoms with Crippen molar-refractivity contribution in [2.75, 3.05) is 5.88 Å². The molecule has 1 aromatic heterocycles. The van der Waals surface area contributed by atoms with Gasteiger partial charge in [0.25, 0.3) is 0 Å². The van der Waals surface area contributed by atoms with Crippen molar-refractivity contribution in [1.82, 2.24) is 4.98 Å². The van der Waals surface area contributed by atoms with Gasteiger partial charge in [0.2, 0.25) is 0 Å². The van der Waals surface area contributed by atoms with Crippen LogP contribution in [0.3, 0.4) is 0 Å². The molecule has 0 bridgehead atoms. The standard InChI is InChI=1S/C7H10ClNS/c8-4-2-1-3-7-5-10-6-9-7/h5-6H,1-4H2. The van der Waals surface area contributed by atoms with Gasteiger partial charge in [-0.05, 0) is 19.3 Å². The van der Waals surface area contributed by atoms with Gasteiger partial charge in [0.1, 0.15) is 0 Å². The summed E-state index contributed by atoms with van der Waals surface area (Å²) >= 11 is 7.18. The Labute approximate surface area is 70.1 Å². The Bertz CT molecular complexity index is 162. The van der Waals surface area contributed by atoms with E-state index in [2.05, 4.69) is 10.4 Å². The monoisotopic (exact) mass is 175 g/mol. The van der Waals surface area contributed by atoms with Crippen LogP contribution in [0.25, 0.3) is 0 Å². The molecule has 0 aliphatic rings. The van der Waals surface area contributed by atoms with Crippen LogP contribution in [0.5, 0.6) is 0 Å². The van der Waals surface area contributed by atoms with Crippen LogP contribution in [0.15, 0.2) is 10.9 Å². The predicted molar refractivity (Wildman–Crippen MR) is 45.8 cm³/mol. The molecule has 1 aromatic rings. The largest absolute Gasteiger partial charge is 0.250 e. The summed E-state index contributed by atoms with van der Waals surface area (Å²) in [6.45, 7) is 0. The van der Waals surface area contributed by atoms with Crippen LogP contribution < -0.4 is 0 Å². The van der Waals surface area contributed by atoms with Crippen LogP contribution in [0, 0.1) is 0 Å². The van der Waals surface area contributed by atoms with E-state index in [9.17, 15) is 0 Å². The fourth-order valence-electron chi connectivity index (χ4n) is 0.762. The lowest BCUT2D eigenvalue weighted by Crippen LogP contribution is -1.84. The van der Waals surface area contributed by atoms with Crippen LogP contribution in [0.4, 0.5) is 0 Å². The van der Waals surface area contributed by atoms with Crippen LogP contribution in [0.2, 0.25) is 0 Å². The van der Waals surface area contributed by atoms with Gasteiger partial charge >= 0.3 is 0 Å². The zero-order valence-corrected chi connectivity index (χ0v) is 7.29. The van der Waals surface area contributed by atoms with Gasteiger partial charge in [-0.3, -0.25) is 0 Å². The summed E-state index contributed by atoms with van der Waals surface area (Å²) in [6.07, 6.45) is 3.34. The van der Waals surface area contributed by atoms with Gasteiger partial charge in [-0.25, -0.2) is 4.98 Å². The second-order valence-electron chi connectivity index (χ2n) is 2.13. The molecule has 3 heteroatoms. The normalized spacial score (nSPS) is 10.1. The maximum atomic E-state index is 5.52. The van der Waals surface area contributed by atoms with E-state index in [1.807, 2.05) is 5.51 Å². The SMILES string of the molecule is ClCCCCc1cscn1. The number of hydrogen-bond acceptors (Lipinski definition) is 2. The van der Waals surface area contributed by atoms with E-state index in [0.29, 0.717) is 0 Å². The minimum atomic E-state index is 0.768. The molecule has 0 fully saturated rings. The van der Waals surface area contributed by atoms with Crippen molar-refractivity contribution in [3.05, 3.63) is 16.6 Å². The Morgan fingerprint density at radius 3 is 3.00 bits per heavy atom. The summed E-state index contributed by atoms with van der Waals surface area (Å²) in [4.78, 5) is 4.16. The number of halogens is 1. The summed E-state index contributed by atoms with van der Waals surface area (Å²) in [5.74, 6) is 0.768. The number of alkyl halides is 1. The van der Waals surface area contributed by atoms with Gasteiger partial charge in [0, 0.05) is 11.3 Å². The van der Waals surface area contributed by atoms with Gasteiger partial charge in [0.15, 0.2) is 0 Å². The molecule has 0 unspecified atom stereocenters. The number of unbranched alkanes of at least 4 members (excludes halogenated alkanes) is 1. The van der Waals surface area contributed by atoms with Crippen LogP contribution >= 0.6 is 22.9 Å². The number of nitrogens with zero attached hydrogens (tertiary/aromatic N) is 1. The molecule has 0 aliphatic carbocycles. The number of aryl methyl sites for hydroxylation is 1. The number of thiazole rings is 1. The highest BCUT2D eigenvalue weighted by Gasteiger charge is 1.92. The lowest BCUT2D eigenvalue weighted by molar-refractivity contribution is 0.785. The summed E-state index contributed by atoms with van der Waals surface area (Å²) in [7, 11) is 0. The van der Waals surface area contributed by atoms with E-state index < -0.39 is 0 Å². The Morgan fingerprint density at radius 1 is 1.50 bits per heavy atom. The van der Waals surface area contributed by atoms with Crippen molar-refractivity contribution in [3.8, 4) is 0 Å². The van der Waals surface area contributed by atoms with Gasteiger partial charge in [-0.1, -0.05) is 0 Å². The molecule has 0 N–H and O–H groups in total. The third kappa shape index (κ3) is 2.67. The summed E-state index contributed by atoms with van der Waals surface area (Å²) in [5.41, 5.74) is 3.07. The molecule has 0 amide bonds. The topological polar surface area (TPSA) is 12.9 Å². The third-order valence-electron chi connectivity index (χ3n) is 1.30. The molecule has 0 saturated carbocycles. The Hall–Kier alpha value is -0.0800. The van der Waals surface area contributed by atoms with E-state index in [1.54, 1.807) is 11.3 Å². The summed E-state index contributed by atoms with van der Waals surface area (Å²) in [5, 5.41) is 2.09. The predicted octanol–water partition coefficient (Wildman–Crippen LogP) is 2.70. The van der Waals surface area contributed by atoms with Gasteiger partial charge in [-0.15, -0.1) is 22.9 Å². The first-order valence-electron chi connectivity index (χ1n) is 3.36. The van der Waals surface area contributed by atoms with Crippen molar-refractivity contribution < 1.29 is 0 Å². The van der Waals surface area contributed by atoms with Crippen molar-refractivity contribution in [1.29, 1.82) is 0 Å². The molecule has 0 aromatic carbocycles. The van der Waals surface area contributed by atoms with Crippen molar-refractivity contribution in [2.45, 2.75) is 19.3 Å². The third-order valence-corrected chi connectivity index (χ3v) is 2.20. The van der Waals surface area contributed by atoms with Gasteiger partial charge < -0.3 is 0 Å². The molecular weight excluding hydrogens is 166 g/mol. The number of rotatable bonds is 4. The van der Waals surface area contributed by atoms with E-state index in [-0.39, 0.29) is 0 Å². The van der Waals surface area contributed by atoms with E-state index in [0.717, 1.165) is 25.1 Å². The molecule has 1 heterocycles. The number of hydrogen-bond donors (Lipinski definition) is 0. The fourth-order valence-corrected chi connectivity index (χ4v) is 1.54. The second kappa shape index (κ2) is 4.69. The summed E-state index contributed by atoms with van der Waals surface area (Å²) < 4.78 is 0. The van der Waals surface area contributed by atoms with Crippen molar-refractivity contribution in [3.63, 3.8) is 0 Å². The Balaban J connectivity index is 2.15. The Kier molecular flexibility index (Phi) is 3.76. The molecule has 0 radical (unpaired) electrons. The zero-order valence-electron chi connectivity index (χ0n) is 5.72. The van der Waals surface area contributed by atoms with Gasteiger partial charge in [0.05, 0.1) is 11.2 Å². The average molecular weight is 176 g/mol. The highest BCUT2D eigenvalue weighted by atomic mass is 35.5. The van der Waals surface area contributed by atoms with E-state index >= 15 is 0 Å². The average Bonchev–Trinajstić information content (AvgIpc) is 2.41. The quantitative estimate of drug-likeness (QED) is 0.507. The van der Waals surface area contributed by atoms with Crippen LogP contribution in [-0.4, -0.2) is 10.9 Å². The molecular formula is C7H10ClNS. The fraction of sp³-hybridized carbons (Fsp3) is 0.571. The highest BCUT2D eigenvalue weighted by Crippen LogP contribution is 2.05. The van der Waals surface area contributed by atoms with Crippen LogP contribution in [-0.2, 0) is 6.42 Å². The molecule has 0 atom stereocenters. The Morgan fingerprint density at radius 2 is 2.40 bits per heavy atom. The lowest BCUT2D eigenvalue weighted by Gasteiger charge is -1.91. The molecule has 1 nitrogen and oxygen atoms in total. The van der Waals surface area contributed by atoms with Crippen molar-refractivity contribution >= 4 is 22.9 Å². The maximum Gasteiger partial charge on any atom is 0.0794 e. The van der Waals surface area contributed by atoms with Gasteiger partial charge in [-0.2, -0.15) is 0 Å². The van der Waals surface area contributed by atoms with E-state index in [4.69, 9.17) is 11.6 Å². The minimum Gasteiger partial charge on any atom is -0.250 e. The first kappa shape index (κ1) is 8.02. The van der Waals surface area contributed by atoms with Crippen molar-refractivity contribution in [2.24, 2.45) is 0 Å². The first-order chi connectivity index (χ1) is 4.93. The highest BCUT2D eigenvalue weighted by molar-refractivity contribution is 7.07. The first-order valence-corrected chi connectivity index (χ1v) is 4.84.